The SMILES string of the molecule is FC(F)(F)c1cn2c3ccccc3c3ncccc3c2n1. The molecular formula is C15H8F3N3. The van der Waals surface area contributed by atoms with Crippen LogP contribution >= 0.6 is 0 Å². The molecule has 0 aliphatic heterocycles. The lowest BCUT2D eigenvalue weighted by Crippen LogP contribution is -2.04. The zero-order valence-electron chi connectivity index (χ0n) is 10.6. The summed E-state index contributed by atoms with van der Waals surface area (Å²) in [7, 11) is 0. The molecule has 1 aromatic carbocycles. The summed E-state index contributed by atoms with van der Waals surface area (Å²) in [5.41, 5.74) is 0.676. The smallest absolute Gasteiger partial charge is 0.298 e. The zero-order chi connectivity index (χ0) is 14.6. The minimum absolute atomic E-state index is 0.268. The number of benzene rings is 1. The number of imidazole rings is 1. The van der Waals surface area contributed by atoms with Crippen molar-refractivity contribution < 1.29 is 13.2 Å². The zero-order valence-corrected chi connectivity index (χ0v) is 10.6. The standard InChI is InChI=1S/C15H8F3N3/c16-15(17,18)12-8-21-11-6-2-1-4-9(11)13-10(14(21)20-12)5-3-7-19-13/h1-8H. The lowest BCUT2D eigenvalue weighted by Gasteiger charge is -2.06. The number of nitrogens with zero attached hydrogens (tertiary/aromatic N) is 3. The molecule has 21 heavy (non-hydrogen) atoms. The second-order valence-electron chi connectivity index (χ2n) is 4.73. The Morgan fingerprint density at radius 3 is 2.52 bits per heavy atom. The van der Waals surface area contributed by atoms with Crippen LogP contribution < -0.4 is 0 Å². The number of aromatic nitrogens is 3. The number of alkyl halides is 3. The van der Waals surface area contributed by atoms with Gasteiger partial charge in [0.2, 0.25) is 0 Å². The van der Waals surface area contributed by atoms with E-state index in [0.717, 1.165) is 11.6 Å². The number of hydrogen-bond acceptors (Lipinski definition) is 2. The molecule has 0 aliphatic rings. The van der Waals surface area contributed by atoms with Crippen molar-refractivity contribution in [2.24, 2.45) is 0 Å². The molecule has 3 nitrogen and oxygen atoms in total. The fourth-order valence-electron chi connectivity index (χ4n) is 2.57. The highest BCUT2D eigenvalue weighted by atomic mass is 19.4. The summed E-state index contributed by atoms with van der Waals surface area (Å²) in [5.74, 6) is 0. The van der Waals surface area contributed by atoms with Gasteiger partial charge < -0.3 is 0 Å². The lowest BCUT2D eigenvalue weighted by atomic mass is 10.1. The molecule has 0 N–H and O–H groups in total. The van der Waals surface area contributed by atoms with Crippen LogP contribution in [0.5, 0.6) is 0 Å². The van der Waals surface area contributed by atoms with Crippen LogP contribution in [0.25, 0.3) is 27.5 Å². The maximum atomic E-state index is 12.9. The number of rotatable bonds is 0. The van der Waals surface area contributed by atoms with Crippen LogP contribution in [0.4, 0.5) is 13.2 Å². The van der Waals surface area contributed by atoms with Crippen molar-refractivity contribution in [1.82, 2.24) is 14.4 Å². The molecule has 0 aliphatic carbocycles. The van der Waals surface area contributed by atoms with Gasteiger partial charge in [-0.05, 0) is 18.2 Å². The van der Waals surface area contributed by atoms with Crippen molar-refractivity contribution >= 4 is 27.5 Å². The molecule has 104 valence electrons. The van der Waals surface area contributed by atoms with Gasteiger partial charge in [-0.15, -0.1) is 0 Å². The van der Waals surface area contributed by atoms with Gasteiger partial charge in [-0.1, -0.05) is 18.2 Å². The van der Waals surface area contributed by atoms with E-state index in [2.05, 4.69) is 9.97 Å². The van der Waals surface area contributed by atoms with Crippen LogP contribution in [0.15, 0.2) is 48.8 Å². The van der Waals surface area contributed by atoms with Gasteiger partial charge in [0.15, 0.2) is 5.69 Å². The molecule has 4 aromatic rings. The summed E-state index contributed by atoms with van der Waals surface area (Å²) in [6, 6.07) is 10.7. The maximum absolute atomic E-state index is 12.9. The molecule has 6 heteroatoms. The second-order valence-corrected chi connectivity index (χ2v) is 4.73. The molecule has 0 bridgehead atoms. The van der Waals surface area contributed by atoms with Crippen molar-refractivity contribution in [3.63, 3.8) is 0 Å². The van der Waals surface area contributed by atoms with Gasteiger partial charge in [-0.3, -0.25) is 9.38 Å². The average molecular weight is 287 g/mol. The topological polar surface area (TPSA) is 30.2 Å². The molecule has 0 saturated heterocycles. The number of fused-ring (bicyclic) bond motifs is 6. The van der Waals surface area contributed by atoms with E-state index in [1.165, 1.54) is 4.40 Å². The molecule has 3 heterocycles. The van der Waals surface area contributed by atoms with Crippen molar-refractivity contribution in [2.75, 3.05) is 0 Å². The number of para-hydroxylation sites is 1. The van der Waals surface area contributed by atoms with Crippen LogP contribution in [0.1, 0.15) is 5.69 Å². The number of pyridine rings is 2. The lowest BCUT2D eigenvalue weighted by molar-refractivity contribution is -0.140. The Morgan fingerprint density at radius 2 is 1.71 bits per heavy atom. The van der Waals surface area contributed by atoms with Crippen LogP contribution in [-0.4, -0.2) is 14.4 Å². The molecular weight excluding hydrogens is 279 g/mol. The van der Waals surface area contributed by atoms with E-state index in [9.17, 15) is 13.2 Å². The van der Waals surface area contributed by atoms with Gasteiger partial charge in [0.1, 0.15) is 5.65 Å². The van der Waals surface area contributed by atoms with E-state index in [1.807, 2.05) is 12.1 Å². The average Bonchev–Trinajstić information content (AvgIpc) is 2.93. The van der Waals surface area contributed by atoms with Crippen molar-refractivity contribution in [1.29, 1.82) is 0 Å². The number of halogens is 3. The summed E-state index contributed by atoms with van der Waals surface area (Å²) < 4.78 is 40.3. The van der Waals surface area contributed by atoms with Crippen molar-refractivity contribution in [2.45, 2.75) is 6.18 Å². The highest BCUT2D eigenvalue weighted by Crippen LogP contribution is 2.33. The Bertz CT molecular complexity index is 913. The van der Waals surface area contributed by atoms with Gasteiger partial charge in [-0.2, -0.15) is 13.2 Å². The Morgan fingerprint density at radius 1 is 0.952 bits per heavy atom. The Hall–Kier alpha value is -2.63. The molecule has 0 atom stereocenters. The van der Waals surface area contributed by atoms with E-state index < -0.39 is 11.9 Å². The summed E-state index contributed by atoms with van der Waals surface area (Å²) in [4.78, 5) is 8.06. The van der Waals surface area contributed by atoms with E-state index in [4.69, 9.17) is 0 Å². The largest absolute Gasteiger partial charge is 0.434 e. The molecule has 3 aromatic heterocycles. The first-order chi connectivity index (χ1) is 10.1. The first kappa shape index (κ1) is 12.1. The highest BCUT2D eigenvalue weighted by Gasteiger charge is 2.34. The monoisotopic (exact) mass is 287 g/mol. The maximum Gasteiger partial charge on any atom is 0.434 e. The third kappa shape index (κ3) is 1.68. The molecule has 0 unspecified atom stereocenters. The third-order valence-electron chi connectivity index (χ3n) is 3.46. The fourth-order valence-corrected chi connectivity index (χ4v) is 2.57. The van der Waals surface area contributed by atoms with E-state index in [0.29, 0.717) is 16.4 Å². The van der Waals surface area contributed by atoms with E-state index in [1.54, 1.807) is 30.5 Å². The fraction of sp³-hybridized carbons (Fsp3) is 0.0667. The van der Waals surface area contributed by atoms with Crippen LogP contribution in [-0.2, 0) is 6.18 Å². The van der Waals surface area contributed by atoms with Gasteiger partial charge in [0.25, 0.3) is 0 Å². The molecule has 0 amide bonds. The Balaban J connectivity index is 2.29. The Labute approximate surface area is 116 Å². The quantitative estimate of drug-likeness (QED) is 0.457. The second kappa shape index (κ2) is 3.94. The predicted molar refractivity (Wildman–Crippen MR) is 73.0 cm³/mol. The van der Waals surface area contributed by atoms with Crippen LogP contribution in [0, 0.1) is 0 Å². The Kier molecular flexibility index (Phi) is 2.28. The summed E-state index contributed by atoms with van der Waals surface area (Å²) >= 11 is 0. The van der Waals surface area contributed by atoms with Gasteiger partial charge in [0, 0.05) is 23.2 Å². The molecule has 0 saturated carbocycles. The number of hydrogen-bond donors (Lipinski definition) is 0. The third-order valence-corrected chi connectivity index (χ3v) is 3.46. The predicted octanol–water partition coefficient (Wildman–Crippen LogP) is 4.05. The van der Waals surface area contributed by atoms with Crippen LogP contribution in [0.2, 0.25) is 0 Å². The van der Waals surface area contributed by atoms with Gasteiger partial charge in [0.05, 0.1) is 11.0 Å². The van der Waals surface area contributed by atoms with Crippen LogP contribution in [0.3, 0.4) is 0 Å². The molecule has 4 rings (SSSR count). The molecule has 0 spiro atoms. The first-order valence-corrected chi connectivity index (χ1v) is 6.27. The van der Waals surface area contributed by atoms with E-state index >= 15 is 0 Å². The van der Waals surface area contributed by atoms with E-state index in [-0.39, 0.29) is 5.65 Å². The normalized spacial score (nSPS) is 12.5. The summed E-state index contributed by atoms with van der Waals surface area (Å²) in [6.07, 6.45) is -1.81. The van der Waals surface area contributed by atoms with Gasteiger partial charge in [-0.25, -0.2) is 4.98 Å². The summed E-state index contributed by atoms with van der Waals surface area (Å²) in [6.45, 7) is 0. The minimum atomic E-state index is -4.47. The first-order valence-electron chi connectivity index (χ1n) is 6.27. The van der Waals surface area contributed by atoms with Gasteiger partial charge >= 0.3 is 6.18 Å². The molecule has 0 radical (unpaired) electrons. The molecule has 0 fully saturated rings. The minimum Gasteiger partial charge on any atom is -0.298 e. The highest BCUT2D eigenvalue weighted by molar-refractivity contribution is 6.09. The van der Waals surface area contributed by atoms with Crippen molar-refractivity contribution in [3.8, 4) is 0 Å². The van der Waals surface area contributed by atoms with Crippen molar-refractivity contribution in [3.05, 3.63) is 54.5 Å². The summed E-state index contributed by atoms with van der Waals surface area (Å²) in [5, 5.41) is 1.40.